The first-order valence-corrected chi connectivity index (χ1v) is 3.95. The van der Waals surface area contributed by atoms with Gasteiger partial charge in [-0.25, -0.2) is 0 Å². The molecule has 0 aliphatic rings. The van der Waals surface area contributed by atoms with Crippen molar-refractivity contribution in [1.29, 1.82) is 10.5 Å². The predicted molar refractivity (Wildman–Crippen MR) is 46.1 cm³/mol. The zero-order chi connectivity index (χ0) is 10.3. The summed E-state index contributed by atoms with van der Waals surface area (Å²) in [6, 6.07) is 3.01. The Morgan fingerprint density at radius 3 is 2.23 bits per heavy atom. The zero-order valence-electron chi connectivity index (χ0n) is 7.53. The molecule has 0 rings (SSSR count). The van der Waals surface area contributed by atoms with Crippen LogP contribution < -0.4 is 5.73 Å². The van der Waals surface area contributed by atoms with Crippen molar-refractivity contribution in [2.24, 2.45) is 5.73 Å². The fourth-order valence-corrected chi connectivity index (χ4v) is 0.792. The highest BCUT2D eigenvalue weighted by Gasteiger charge is 2.18. The second-order valence-electron chi connectivity index (χ2n) is 2.53. The van der Waals surface area contributed by atoms with Crippen molar-refractivity contribution < 1.29 is 4.79 Å². The molecule has 0 aromatic carbocycles. The van der Waals surface area contributed by atoms with E-state index in [1.807, 2.05) is 12.1 Å². The van der Waals surface area contributed by atoms with Gasteiger partial charge >= 0.3 is 0 Å². The van der Waals surface area contributed by atoms with Gasteiger partial charge in [0, 0.05) is 0 Å². The molecule has 0 heterocycles. The average molecular weight is 180 g/mol. The summed E-state index contributed by atoms with van der Waals surface area (Å²) < 4.78 is 0. The maximum atomic E-state index is 11.4. The Kier molecular flexibility index (Phi) is 5.25. The van der Waals surface area contributed by atoms with Crippen LogP contribution in [-0.2, 0) is 4.79 Å². The summed E-state index contributed by atoms with van der Waals surface area (Å²) in [5.41, 5.74) is 5.47. The van der Waals surface area contributed by atoms with Gasteiger partial charge in [0.1, 0.15) is 13.1 Å². The Balaban J connectivity index is 4.30. The number of carbonyl (C=O) groups is 1. The molecule has 13 heavy (non-hydrogen) atoms. The molecule has 2 N–H and O–H groups in total. The Morgan fingerprint density at radius 2 is 1.92 bits per heavy atom. The number of hydrogen-bond donors (Lipinski definition) is 1. The second-order valence-corrected chi connectivity index (χ2v) is 2.53. The van der Waals surface area contributed by atoms with E-state index in [-0.39, 0.29) is 19.0 Å². The van der Waals surface area contributed by atoms with E-state index < -0.39 is 6.04 Å². The Bertz CT molecular complexity index is 234. The quantitative estimate of drug-likeness (QED) is 0.595. The van der Waals surface area contributed by atoms with Crippen molar-refractivity contribution in [2.45, 2.75) is 19.4 Å². The molecule has 0 radical (unpaired) electrons. The van der Waals surface area contributed by atoms with Crippen molar-refractivity contribution >= 4 is 5.91 Å². The van der Waals surface area contributed by atoms with Crippen LogP contribution in [0.3, 0.4) is 0 Å². The van der Waals surface area contributed by atoms with Crippen LogP contribution in [-0.4, -0.2) is 29.9 Å². The van der Waals surface area contributed by atoms with Gasteiger partial charge in [-0.3, -0.25) is 4.79 Å². The largest absolute Gasteiger partial charge is 0.320 e. The SMILES string of the molecule is CCC(N)C(=O)N(CC#N)CC#N. The van der Waals surface area contributed by atoms with Crippen LogP contribution >= 0.6 is 0 Å². The van der Waals surface area contributed by atoms with Crippen molar-refractivity contribution in [3.8, 4) is 12.1 Å². The highest BCUT2D eigenvalue weighted by Crippen LogP contribution is 1.95. The molecule has 0 saturated heterocycles. The number of amides is 1. The van der Waals surface area contributed by atoms with Crippen LogP contribution in [0.25, 0.3) is 0 Å². The number of carbonyl (C=O) groups excluding carboxylic acids is 1. The highest BCUT2D eigenvalue weighted by molar-refractivity contribution is 5.82. The molecule has 0 fully saturated rings. The summed E-state index contributed by atoms with van der Waals surface area (Å²) in [4.78, 5) is 12.5. The van der Waals surface area contributed by atoms with Gasteiger partial charge in [-0.05, 0) is 6.42 Å². The first-order chi connectivity index (χ1) is 6.17. The van der Waals surface area contributed by atoms with E-state index in [9.17, 15) is 4.79 Å². The molecule has 0 aromatic heterocycles. The number of hydrogen-bond acceptors (Lipinski definition) is 4. The minimum atomic E-state index is -0.610. The summed E-state index contributed by atoms with van der Waals surface area (Å²) >= 11 is 0. The molecule has 5 heteroatoms. The Morgan fingerprint density at radius 1 is 1.46 bits per heavy atom. The molecular formula is C8H12N4O. The van der Waals surface area contributed by atoms with Crippen LogP contribution in [0.1, 0.15) is 13.3 Å². The fraction of sp³-hybridized carbons (Fsp3) is 0.625. The lowest BCUT2D eigenvalue weighted by Gasteiger charge is -2.19. The van der Waals surface area contributed by atoms with E-state index in [1.54, 1.807) is 6.92 Å². The first-order valence-electron chi connectivity index (χ1n) is 3.95. The fourth-order valence-electron chi connectivity index (χ4n) is 0.792. The molecule has 5 nitrogen and oxygen atoms in total. The van der Waals surface area contributed by atoms with Gasteiger partial charge in [0.15, 0.2) is 0 Å². The lowest BCUT2D eigenvalue weighted by Crippen LogP contribution is -2.43. The van der Waals surface area contributed by atoms with Crippen LogP contribution in [0.4, 0.5) is 0 Å². The molecular weight excluding hydrogens is 168 g/mol. The van der Waals surface area contributed by atoms with Crippen LogP contribution in [0.2, 0.25) is 0 Å². The zero-order valence-corrected chi connectivity index (χ0v) is 7.53. The number of nitrogens with two attached hydrogens (primary N) is 1. The minimum absolute atomic E-state index is 0.0832. The van der Waals surface area contributed by atoms with Crippen molar-refractivity contribution in [3.63, 3.8) is 0 Å². The summed E-state index contributed by atoms with van der Waals surface area (Å²) in [6.07, 6.45) is 0.506. The summed E-state index contributed by atoms with van der Waals surface area (Å²) in [5, 5.41) is 16.7. The third kappa shape index (κ3) is 3.55. The van der Waals surface area contributed by atoms with E-state index in [1.165, 1.54) is 0 Å². The molecule has 0 bridgehead atoms. The summed E-state index contributed by atoms with van der Waals surface area (Å²) in [7, 11) is 0. The predicted octanol–water partition coefficient (Wildman–Crippen LogP) is -0.401. The summed E-state index contributed by atoms with van der Waals surface area (Å²) in [5.74, 6) is -0.342. The third-order valence-corrected chi connectivity index (χ3v) is 1.59. The van der Waals surface area contributed by atoms with Crippen LogP contribution in [0.15, 0.2) is 0 Å². The van der Waals surface area contributed by atoms with E-state index in [0.29, 0.717) is 6.42 Å². The molecule has 1 unspecified atom stereocenters. The van der Waals surface area contributed by atoms with Gasteiger partial charge < -0.3 is 10.6 Å². The van der Waals surface area contributed by atoms with E-state index >= 15 is 0 Å². The number of nitrogens with zero attached hydrogens (tertiary/aromatic N) is 3. The van der Waals surface area contributed by atoms with Gasteiger partial charge in [-0.1, -0.05) is 6.92 Å². The normalized spacial score (nSPS) is 11.1. The number of nitriles is 2. The lowest BCUT2D eigenvalue weighted by molar-refractivity contribution is -0.131. The van der Waals surface area contributed by atoms with E-state index in [4.69, 9.17) is 16.3 Å². The second kappa shape index (κ2) is 5.99. The Hall–Kier alpha value is -1.59. The lowest BCUT2D eigenvalue weighted by atomic mass is 10.2. The average Bonchev–Trinajstić information content (AvgIpc) is 2.15. The molecule has 70 valence electrons. The molecule has 0 spiro atoms. The molecule has 0 aliphatic carbocycles. The molecule has 1 atom stereocenters. The maximum Gasteiger partial charge on any atom is 0.241 e. The van der Waals surface area contributed by atoms with Crippen LogP contribution in [0, 0.1) is 22.7 Å². The summed E-state index contributed by atoms with van der Waals surface area (Å²) in [6.45, 7) is 1.61. The first kappa shape index (κ1) is 11.4. The molecule has 0 aliphatic heterocycles. The monoisotopic (exact) mass is 180 g/mol. The minimum Gasteiger partial charge on any atom is -0.320 e. The highest BCUT2D eigenvalue weighted by atomic mass is 16.2. The number of rotatable bonds is 4. The molecule has 0 saturated carbocycles. The topological polar surface area (TPSA) is 93.9 Å². The van der Waals surface area contributed by atoms with Crippen molar-refractivity contribution in [1.82, 2.24) is 4.90 Å². The molecule has 0 aromatic rings. The Labute approximate surface area is 77.3 Å². The standard InChI is InChI=1S/C8H12N4O/c1-2-7(11)8(13)12(5-3-9)6-4-10/h7H,2,5-6,11H2,1H3. The van der Waals surface area contributed by atoms with E-state index in [2.05, 4.69) is 0 Å². The maximum absolute atomic E-state index is 11.4. The van der Waals surface area contributed by atoms with Crippen molar-refractivity contribution in [3.05, 3.63) is 0 Å². The van der Waals surface area contributed by atoms with Gasteiger partial charge in [0.2, 0.25) is 5.91 Å². The van der Waals surface area contributed by atoms with E-state index in [0.717, 1.165) is 4.90 Å². The van der Waals surface area contributed by atoms with Crippen molar-refractivity contribution in [2.75, 3.05) is 13.1 Å². The molecule has 1 amide bonds. The van der Waals surface area contributed by atoms with Gasteiger partial charge in [0.25, 0.3) is 0 Å². The smallest absolute Gasteiger partial charge is 0.241 e. The van der Waals surface area contributed by atoms with Gasteiger partial charge in [-0.2, -0.15) is 10.5 Å². The third-order valence-electron chi connectivity index (χ3n) is 1.59. The van der Waals surface area contributed by atoms with Gasteiger partial charge in [0.05, 0.1) is 18.2 Å². The van der Waals surface area contributed by atoms with Crippen LogP contribution in [0.5, 0.6) is 0 Å². The van der Waals surface area contributed by atoms with Gasteiger partial charge in [-0.15, -0.1) is 0 Å².